The van der Waals surface area contributed by atoms with Crippen molar-refractivity contribution in [1.29, 1.82) is 0 Å². The molecule has 6 nitrogen and oxygen atoms in total. The van der Waals surface area contributed by atoms with E-state index in [-0.39, 0.29) is 6.61 Å². The van der Waals surface area contributed by atoms with E-state index in [0.717, 1.165) is 11.1 Å². The van der Waals surface area contributed by atoms with Gasteiger partial charge in [-0.2, -0.15) is 0 Å². The zero-order valence-corrected chi connectivity index (χ0v) is 9.79. The molecule has 0 saturated carbocycles. The molecule has 94 valence electrons. The van der Waals surface area contributed by atoms with Crippen molar-refractivity contribution < 1.29 is 19.2 Å². The predicted molar refractivity (Wildman–Crippen MR) is 63.4 cm³/mol. The zero-order chi connectivity index (χ0) is 12.7. The van der Waals surface area contributed by atoms with Crippen LogP contribution in [0.1, 0.15) is 5.69 Å². The van der Waals surface area contributed by atoms with Gasteiger partial charge in [0.1, 0.15) is 6.10 Å². The molecule has 1 aliphatic rings. The number of aryl methyl sites for hydroxylation is 1. The summed E-state index contributed by atoms with van der Waals surface area (Å²) in [6, 6.07) is 5.42. The Balaban J connectivity index is 1.97. The van der Waals surface area contributed by atoms with Crippen molar-refractivity contribution in [3.8, 4) is 0 Å². The smallest absolute Gasteiger partial charge is 0.414 e. The highest BCUT2D eigenvalue weighted by molar-refractivity contribution is 5.93. The molecule has 0 bridgehead atoms. The fourth-order valence-electron chi connectivity index (χ4n) is 2.05. The van der Waals surface area contributed by atoms with Crippen molar-refractivity contribution in [2.24, 2.45) is 0 Å². The summed E-state index contributed by atoms with van der Waals surface area (Å²) in [6.45, 7) is 2.03. The van der Waals surface area contributed by atoms with Crippen molar-refractivity contribution in [1.82, 2.24) is 5.16 Å². The Morgan fingerprint density at radius 2 is 2.39 bits per heavy atom. The van der Waals surface area contributed by atoms with Gasteiger partial charge in [0.05, 0.1) is 24.5 Å². The van der Waals surface area contributed by atoms with Crippen molar-refractivity contribution in [2.75, 3.05) is 18.1 Å². The van der Waals surface area contributed by atoms with Crippen LogP contribution in [-0.2, 0) is 4.74 Å². The third-order valence-electron chi connectivity index (χ3n) is 3.03. The third kappa shape index (κ3) is 1.62. The Kier molecular flexibility index (Phi) is 2.45. The van der Waals surface area contributed by atoms with E-state index in [9.17, 15) is 4.79 Å². The number of aromatic nitrogens is 1. The molecule has 18 heavy (non-hydrogen) atoms. The average Bonchev–Trinajstić information content (AvgIpc) is 2.93. The summed E-state index contributed by atoms with van der Waals surface area (Å²) in [5.41, 5.74) is 2.12. The zero-order valence-electron chi connectivity index (χ0n) is 9.79. The van der Waals surface area contributed by atoms with Crippen LogP contribution < -0.4 is 4.90 Å². The lowest BCUT2D eigenvalue weighted by Gasteiger charge is -2.12. The molecule has 1 unspecified atom stereocenters. The number of carbonyl (C=O) groups excluding carboxylic acids is 1. The van der Waals surface area contributed by atoms with E-state index in [0.29, 0.717) is 17.8 Å². The van der Waals surface area contributed by atoms with E-state index < -0.39 is 12.2 Å². The van der Waals surface area contributed by atoms with Crippen LogP contribution in [0, 0.1) is 6.92 Å². The molecule has 1 atom stereocenters. The van der Waals surface area contributed by atoms with E-state index in [4.69, 9.17) is 14.4 Å². The monoisotopic (exact) mass is 248 g/mol. The van der Waals surface area contributed by atoms with Gasteiger partial charge < -0.3 is 14.4 Å². The summed E-state index contributed by atoms with van der Waals surface area (Å²) < 4.78 is 10.1. The predicted octanol–water partition coefficient (Wildman–Crippen LogP) is 1.45. The van der Waals surface area contributed by atoms with Gasteiger partial charge in [-0.25, -0.2) is 4.79 Å². The lowest BCUT2D eigenvalue weighted by molar-refractivity contribution is 0.0963. The molecule has 1 N–H and O–H groups in total. The number of amides is 1. The minimum Gasteiger partial charge on any atom is -0.441 e. The highest BCUT2D eigenvalue weighted by Crippen LogP contribution is 2.27. The molecule has 0 spiro atoms. The van der Waals surface area contributed by atoms with Gasteiger partial charge in [0.15, 0.2) is 5.58 Å². The van der Waals surface area contributed by atoms with E-state index in [2.05, 4.69) is 5.16 Å². The van der Waals surface area contributed by atoms with E-state index in [1.54, 1.807) is 6.07 Å². The van der Waals surface area contributed by atoms with Crippen molar-refractivity contribution >= 4 is 22.7 Å². The second-order valence-electron chi connectivity index (χ2n) is 4.25. The van der Waals surface area contributed by atoms with Gasteiger partial charge >= 0.3 is 6.09 Å². The second-order valence-corrected chi connectivity index (χ2v) is 4.25. The quantitative estimate of drug-likeness (QED) is 0.870. The number of nitrogens with zero attached hydrogens (tertiary/aromatic N) is 2. The van der Waals surface area contributed by atoms with Crippen LogP contribution in [0.2, 0.25) is 0 Å². The van der Waals surface area contributed by atoms with Gasteiger partial charge in [-0.3, -0.25) is 4.90 Å². The van der Waals surface area contributed by atoms with E-state index in [1.165, 1.54) is 4.90 Å². The topological polar surface area (TPSA) is 75.8 Å². The molecular weight excluding hydrogens is 236 g/mol. The Morgan fingerprint density at radius 1 is 1.56 bits per heavy atom. The fraction of sp³-hybridized carbons (Fsp3) is 0.333. The number of ether oxygens (including phenoxy) is 1. The van der Waals surface area contributed by atoms with Crippen LogP contribution in [-0.4, -0.2) is 35.6 Å². The van der Waals surface area contributed by atoms with Crippen molar-refractivity contribution in [3.05, 3.63) is 23.9 Å². The first-order valence-corrected chi connectivity index (χ1v) is 5.64. The first-order chi connectivity index (χ1) is 8.69. The van der Waals surface area contributed by atoms with E-state index in [1.807, 2.05) is 19.1 Å². The lowest BCUT2D eigenvalue weighted by Crippen LogP contribution is -2.25. The standard InChI is InChI=1S/C12H12N2O4/c1-7-10-3-2-8(4-11(10)18-13-7)14-5-9(6-15)17-12(14)16/h2-4,9,15H,5-6H2,1H3. The Hall–Kier alpha value is -2.08. The minimum atomic E-state index is -0.468. The maximum atomic E-state index is 11.6. The number of anilines is 1. The number of benzene rings is 1. The maximum Gasteiger partial charge on any atom is 0.414 e. The molecule has 0 radical (unpaired) electrons. The molecule has 0 aliphatic carbocycles. The number of cyclic esters (lactones) is 1. The van der Waals surface area contributed by atoms with Crippen molar-refractivity contribution in [3.63, 3.8) is 0 Å². The lowest BCUT2D eigenvalue weighted by atomic mass is 10.2. The largest absolute Gasteiger partial charge is 0.441 e. The third-order valence-corrected chi connectivity index (χ3v) is 3.03. The Morgan fingerprint density at radius 3 is 3.11 bits per heavy atom. The first-order valence-electron chi connectivity index (χ1n) is 5.64. The highest BCUT2D eigenvalue weighted by Gasteiger charge is 2.32. The first kappa shape index (κ1) is 11.0. The molecule has 1 amide bonds. The summed E-state index contributed by atoms with van der Waals surface area (Å²) in [6.07, 6.45) is -0.922. The number of fused-ring (bicyclic) bond motifs is 1. The molecule has 1 aromatic carbocycles. The number of rotatable bonds is 2. The van der Waals surface area contributed by atoms with Gasteiger partial charge in [0.25, 0.3) is 0 Å². The minimum absolute atomic E-state index is 0.175. The maximum absolute atomic E-state index is 11.6. The number of hydrogen-bond donors (Lipinski definition) is 1. The van der Waals surface area contributed by atoms with Crippen LogP contribution in [0.3, 0.4) is 0 Å². The summed E-state index contributed by atoms with van der Waals surface area (Å²) in [5.74, 6) is 0. The molecule has 3 rings (SSSR count). The van der Waals surface area contributed by atoms with Gasteiger partial charge in [-0.05, 0) is 19.1 Å². The molecule has 1 aromatic heterocycles. The van der Waals surface area contributed by atoms with Gasteiger partial charge in [-0.15, -0.1) is 0 Å². The van der Waals surface area contributed by atoms with Crippen LogP contribution in [0.4, 0.5) is 10.5 Å². The van der Waals surface area contributed by atoms with Crippen LogP contribution in [0.5, 0.6) is 0 Å². The number of aliphatic hydroxyl groups is 1. The molecule has 1 aliphatic heterocycles. The molecule has 6 heteroatoms. The summed E-state index contributed by atoms with van der Waals surface area (Å²) >= 11 is 0. The van der Waals surface area contributed by atoms with Gasteiger partial charge in [0.2, 0.25) is 0 Å². The molecule has 1 fully saturated rings. The van der Waals surface area contributed by atoms with Crippen LogP contribution in [0.15, 0.2) is 22.7 Å². The summed E-state index contributed by atoms with van der Waals surface area (Å²) in [5, 5.41) is 13.8. The SMILES string of the molecule is Cc1noc2cc(N3CC(CO)OC3=O)ccc12. The molecule has 2 aromatic rings. The second kappa shape index (κ2) is 3.99. The molecule has 2 heterocycles. The molecule has 1 saturated heterocycles. The van der Waals surface area contributed by atoms with Crippen LogP contribution in [0.25, 0.3) is 11.0 Å². The fourth-order valence-corrected chi connectivity index (χ4v) is 2.05. The summed E-state index contributed by atoms with van der Waals surface area (Å²) in [7, 11) is 0. The van der Waals surface area contributed by atoms with Gasteiger partial charge in [-0.1, -0.05) is 5.16 Å². The van der Waals surface area contributed by atoms with Crippen LogP contribution >= 0.6 is 0 Å². The average molecular weight is 248 g/mol. The van der Waals surface area contributed by atoms with Gasteiger partial charge in [0, 0.05) is 11.5 Å². The normalized spacial score (nSPS) is 19.6. The Bertz CT molecular complexity index is 607. The van der Waals surface area contributed by atoms with E-state index >= 15 is 0 Å². The number of hydrogen-bond acceptors (Lipinski definition) is 5. The highest BCUT2D eigenvalue weighted by atomic mass is 16.6. The summed E-state index contributed by atoms with van der Waals surface area (Å²) in [4.78, 5) is 13.1. The van der Waals surface area contributed by atoms with Crippen molar-refractivity contribution in [2.45, 2.75) is 13.0 Å². The molecular formula is C12H12N2O4. The number of aliphatic hydroxyl groups excluding tert-OH is 1. The number of carbonyl (C=O) groups is 1. The Labute approximate surface area is 103 Å².